The molecule has 2 aromatic rings. The number of fused-ring (bicyclic) bond motifs is 1. The number of non-ortho nitro benzene ring substituents is 1. The first-order valence-electron chi connectivity index (χ1n) is 6.35. The first-order valence-corrected chi connectivity index (χ1v) is 6.35. The van der Waals surface area contributed by atoms with Crippen LogP contribution in [0.25, 0.3) is 17.0 Å². The van der Waals surface area contributed by atoms with Gasteiger partial charge < -0.3 is 4.74 Å². The van der Waals surface area contributed by atoms with Crippen molar-refractivity contribution in [2.45, 2.75) is 20.3 Å². The molecule has 1 heterocycles. The summed E-state index contributed by atoms with van der Waals surface area (Å²) in [6.45, 7) is 4.10. The van der Waals surface area contributed by atoms with Crippen LogP contribution in [0.1, 0.15) is 25.8 Å². The Hall–Kier alpha value is -2.43. The topological polar surface area (TPSA) is 65.3 Å². The van der Waals surface area contributed by atoms with Crippen LogP contribution < -0.4 is 4.74 Å². The number of hydrogen-bond acceptors (Lipinski definition) is 4. The zero-order valence-electron chi connectivity index (χ0n) is 11.7. The fourth-order valence-corrected chi connectivity index (χ4v) is 1.98. The summed E-state index contributed by atoms with van der Waals surface area (Å²) in [6, 6.07) is 5.03. The van der Waals surface area contributed by atoms with Crippen LogP contribution in [-0.4, -0.2) is 17.0 Å². The summed E-state index contributed by atoms with van der Waals surface area (Å²) < 4.78 is 5.15. The molecule has 5 heteroatoms. The molecule has 2 rings (SSSR count). The van der Waals surface area contributed by atoms with Crippen LogP contribution in [0.2, 0.25) is 0 Å². The van der Waals surface area contributed by atoms with E-state index in [1.807, 2.05) is 19.1 Å². The largest absolute Gasteiger partial charge is 0.496 e. The number of pyridine rings is 1. The minimum Gasteiger partial charge on any atom is -0.496 e. The van der Waals surface area contributed by atoms with E-state index >= 15 is 0 Å². The molecular formula is C15H16N2O3. The van der Waals surface area contributed by atoms with Crippen LogP contribution in [-0.2, 0) is 0 Å². The van der Waals surface area contributed by atoms with E-state index in [2.05, 4.69) is 11.9 Å². The normalized spacial score (nSPS) is 11.7. The van der Waals surface area contributed by atoms with Crippen LogP contribution in [0.3, 0.4) is 0 Å². The van der Waals surface area contributed by atoms with Gasteiger partial charge in [-0.2, -0.15) is 0 Å². The third-order valence-corrected chi connectivity index (χ3v) is 3.22. The highest BCUT2D eigenvalue weighted by Crippen LogP contribution is 2.32. The predicted molar refractivity (Wildman–Crippen MR) is 78.9 cm³/mol. The molecule has 0 saturated heterocycles. The Balaban J connectivity index is 2.79. The van der Waals surface area contributed by atoms with Gasteiger partial charge in [-0.15, -0.1) is 0 Å². The van der Waals surface area contributed by atoms with Crippen molar-refractivity contribution >= 4 is 22.7 Å². The molecule has 1 aromatic heterocycles. The summed E-state index contributed by atoms with van der Waals surface area (Å²) in [5.41, 5.74) is 2.46. The molecule has 0 bridgehead atoms. The van der Waals surface area contributed by atoms with E-state index in [1.165, 1.54) is 18.7 Å². The van der Waals surface area contributed by atoms with Gasteiger partial charge in [0.05, 0.1) is 18.1 Å². The van der Waals surface area contributed by atoms with Crippen LogP contribution in [0.4, 0.5) is 5.69 Å². The van der Waals surface area contributed by atoms with Crippen molar-refractivity contribution in [1.82, 2.24) is 4.98 Å². The highest BCUT2D eigenvalue weighted by atomic mass is 16.6. The van der Waals surface area contributed by atoms with Gasteiger partial charge in [-0.05, 0) is 31.0 Å². The second-order valence-electron chi connectivity index (χ2n) is 4.54. The predicted octanol–water partition coefficient (Wildman–Crippen LogP) is 3.96. The number of nitro groups is 1. The average molecular weight is 272 g/mol. The molecule has 0 fully saturated rings. The van der Waals surface area contributed by atoms with Gasteiger partial charge in [0.1, 0.15) is 11.3 Å². The maximum absolute atomic E-state index is 11.2. The van der Waals surface area contributed by atoms with Crippen molar-refractivity contribution in [3.8, 4) is 5.75 Å². The molecule has 0 aliphatic heterocycles. The Labute approximate surface area is 117 Å². The van der Waals surface area contributed by atoms with Crippen molar-refractivity contribution in [3.63, 3.8) is 0 Å². The first kappa shape index (κ1) is 14.0. The third-order valence-electron chi connectivity index (χ3n) is 3.22. The van der Waals surface area contributed by atoms with E-state index in [4.69, 9.17) is 4.74 Å². The lowest BCUT2D eigenvalue weighted by atomic mass is 10.0. The summed E-state index contributed by atoms with van der Waals surface area (Å²) in [5, 5.41) is 11.9. The van der Waals surface area contributed by atoms with E-state index in [9.17, 15) is 10.1 Å². The van der Waals surface area contributed by atoms with Crippen LogP contribution in [0.5, 0.6) is 5.75 Å². The van der Waals surface area contributed by atoms with Gasteiger partial charge in [0.15, 0.2) is 0 Å². The van der Waals surface area contributed by atoms with Gasteiger partial charge in [0, 0.05) is 11.6 Å². The second-order valence-corrected chi connectivity index (χ2v) is 4.54. The van der Waals surface area contributed by atoms with Gasteiger partial charge >= 0.3 is 0 Å². The molecule has 1 aromatic carbocycles. The van der Waals surface area contributed by atoms with E-state index in [0.29, 0.717) is 11.3 Å². The van der Waals surface area contributed by atoms with E-state index in [0.717, 1.165) is 17.4 Å². The Morgan fingerprint density at radius 1 is 1.50 bits per heavy atom. The Morgan fingerprint density at radius 2 is 2.25 bits per heavy atom. The molecular weight excluding hydrogens is 256 g/mol. The molecule has 0 aliphatic carbocycles. The molecule has 0 amide bonds. The quantitative estimate of drug-likeness (QED) is 0.624. The molecule has 0 unspecified atom stereocenters. The SMILES string of the molecule is CC/C(C)=C/c1ccnc2c([N+](=O)[O-])cc(OC)cc12. The monoisotopic (exact) mass is 272 g/mol. The fraction of sp³-hybridized carbons (Fsp3) is 0.267. The fourth-order valence-electron chi connectivity index (χ4n) is 1.98. The number of methoxy groups -OCH3 is 1. The summed E-state index contributed by atoms with van der Waals surface area (Å²) in [6.07, 6.45) is 4.54. The van der Waals surface area contributed by atoms with Gasteiger partial charge in [-0.3, -0.25) is 10.1 Å². The highest BCUT2D eigenvalue weighted by molar-refractivity contribution is 5.94. The van der Waals surface area contributed by atoms with Gasteiger partial charge in [-0.25, -0.2) is 4.98 Å². The molecule has 0 N–H and O–H groups in total. The second kappa shape index (κ2) is 5.69. The van der Waals surface area contributed by atoms with Crippen molar-refractivity contribution < 1.29 is 9.66 Å². The summed E-state index contributed by atoms with van der Waals surface area (Å²) >= 11 is 0. The van der Waals surface area contributed by atoms with Crippen LogP contribution in [0, 0.1) is 10.1 Å². The summed E-state index contributed by atoms with van der Waals surface area (Å²) in [7, 11) is 1.49. The molecule has 0 aliphatic rings. The highest BCUT2D eigenvalue weighted by Gasteiger charge is 2.17. The maximum Gasteiger partial charge on any atom is 0.299 e. The number of nitro benzene ring substituents is 1. The van der Waals surface area contributed by atoms with Crippen molar-refractivity contribution in [2.75, 3.05) is 7.11 Å². The molecule has 104 valence electrons. The minimum atomic E-state index is -0.433. The lowest BCUT2D eigenvalue weighted by molar-refractivity contribution is -0.383. The number of ether oxygens (including phenoxy) is 1. The van der Waals surface area contributed by atoms with Gasteiger partial charge in [0.2, 0.25) is 0 Å². The lowest BCUT2D eigenvalue weighted by Gasteiger charge is -2.07. The summed E-state index contributed by atoms with van der Waals surface area (Å²) in [4.78, 5) is 14.9. The minimum absolute atomic E-state index is 0.0382. The molecule has 0 radical (unpaired) electrons. The zero-order valence-corrected chi connectivity index (χ0v) is 11.7. The number of nitrogens with zero attached hydrogens (tertiary/aromatic N) is 2. The van der Waals surface area contributed by atoms with E-state index in [1.54, 1.807) is 12.3 Å². The van der Waals surface area contributed by atoms with E-state index in [-0.39, 0.29) is 5.69 Å². The molecule has 0 spiro atoms. The number of hydrogen-bond donors (Lipinski definition) is 0. The van der Waals surface area contributed by atoms with Crippen LogP contribution in [0.15, 0.2) is 30.0 Å². The molecule has 0 atom stereocenters. The Morgan fingerprint density at radius 3 is 2.85 bits per heavy atom. The summed E-state index contributed by atoms with van der Waals surface area (Å²) in [5.74, 6) is 0.459. The third kappa shape index (κ3) is 2.61. The van der Waals surface area contributed by atoms with Crippen LogP contribution >= 0.6 is 0 Å². The van der Waals surface area contributed by atoms with E-state index < -0.39 is 4.92 Å². The average Bonchev–Trinajstić information content (AvgIpc) is 2.46. The van der Waals surface area contributed by atoms with Crippen molar-refractivity contribution in [1.29, 1.82) is 0 Å². The van der Waals surface area contributed by atoms with Gasteiger partial charge in [0.25, 0.3) is 5.69 Å². The standard InChI is InChI=1S/C15H16N2O3/c1-4-10(2)7-11-5-6-16-15-13(11)8-12(20-3)9-14(15)17(18)19/h5-9H,4H2,1-3H3/b10-7+. The zero-order chi connectivity index (χ0) is 14.7. The maximum atomic E-state index is 11.2. The molecule has 0 saturated carbocycles. The number of benzene rings is 1. The lowest BCUT2D eigenvalue weighted by Crippen LogP contribution is -1.95. The Bertz CT molecular complexity index is 693. The Kier molecular flexibility index (Phi) is 3.98. The molecule has 20 heavy (non-hydrogen) atoms. The first-order chi connectivity index (χ1) is 9.56. The van der Waals surface area contributed by atoms with Crippen molar-refractivity contribution in [2.24, 2.45) is 0 Å². The number of rotatable bonds is 4. The molecule has 5 nitrogen and oxygen atoms in total. The van der Waals surface area contributed by atoms with Gasteiger partial charge in [-0.1, -0.05) is 18.6 Å². The number of allylic oxidation sites excluding steroid dienone is 1. The smallest absolute Gasteiger partial charge is 0.299 e. The van der Waals surface area contributed by atoms with Crippen molar-refractivity contribution in [3.05, 3.63) is 45.6 Å². The number of aromatic nitrogens is 1.